The molecule has 0 spiro atoms. The van der Waals surface area contributed by atoms with E-state index in [9.17, 15) is 17.9 Å². The summed E-state index contributed by atoms with van der Waals surface area (Å²) in [4.78, 5) is 11.3. The van der Waals surface area contributed by atoms with Crippen molar-refractivity contribution in [1.29, 1.82) is 5.41 Å². The molecule has 1 amide bonds. The molecule has 10 heteroatoms. The van der Waals surface area contributed by atoms with Crippen LogP contribution in [0.3, 0.4) is 0 Å². The average molecular weight is 393 g/mol. The van der Waals surface area contributed by atoms with Crippen LogP contribution in [0.2, 0.25) is 5.02 Å². The number of carbonyl (C=O) groups excluding carboxylic acids is 1. The number of nitrogens with one attached hydrogen (secondary N) is 1. The van der Waals surface area contributed by atoms with Crippen molar-refractivity contribution in [2.45, 2.75) is 12.3 Å². The van der Waals surface area contributed by atoms with E-state index in [1.165, 1.54) is 29.0 Å². The Labute approximate surface area is 150 Å². The van der Waals surface area contributed by atoms with E-state index in [0.717, 1.165) is 6.07 Å². The number of amides is 1. The van der Waals surface area contributed by atoms with E-state index < -0.39 is 22.8 Å². The third-order valence-electron chi connectivity index (χ3n) is 3.15. The van der Waals surface area contributed by atoms with Crippen LogP contribution in [0.15, 0.2) is 30.5 Å². The van der Waals surface area contributed by atoms with Crippen LogP contribution in [0.5, 0.6) is 0 Å². The highest BCUT2D eigenvalue weighted by atomic mass is 35.5. The van der Waals surface area contributed by atoms with Crippen LogP contribution in [-0.2, 0) is 23.4 Å². The van der Waals surface area contributed by atoms with E-state index in [2.05, 4.69) is 0 Å². The highest BCUT2D eigenvalue weighted by Gasteiger charge is 2.11. The number of nitrogens with zero attached hydrogens (tertiary/aromatic N) is 1. The zero-order valence-electron chi connectivity index (χ0n) is 12.1. The van der Waals surface area contributed by atoms with Gasteiger partial charge in [0.2, 0.25) is 0 Å². The zero-order chi connectivity index (χ0) is 17.1. The molecule has 1 aromatic heterocycles. The second kappa shape index (κ2) is 8.39. The lowest BCUT2D eigenvalue weighted by atomic mass is 10.1. The van der Waals surface area contributed by atoms with E-state index in [0.29, 0.717) is 11.1 Å². The molecule has 1 unspecified atom stereocenters. The van der Waals surface area contributed by atoms with Gasteiger partial charge in [-0.25, -0.2) is 4.39 Å². The summed E-state index contributed by atoms with van der Waals surface area (Å²) in [5.41, 5.74) is 5.68. The van der Waals surface area contributed by atoms with Crippen molar-refractivity contribution in [2.24, 2.45) is 5.73 Å². The number of primary amides is 1. The van der Waals surface area contributed by atoms with Crippen LogP contribution >= 0.6 is 24.0 Å². The Bertz CT molecular complexity index is 858. The van der Waals surface area contributed by atoms with E-state index in [4.69, 9.17) is 22.7 Å². The molecule has 24 heavy (non-hydrogen) atoms. The first-order chi connectivity index (χ1) is 10.8. The highest BCUT2D eigenvalue weighted by Crippen LogP contribution is 2.16. The van der Waals surface area contributed by atoms with Gasteiger partial charge < -0.3 is 14.9 Å². The molecule has 0 radical (unpaired) electrons. The first-order valence-electron chi connectivity index (χ1n) is 6.35. The first kappa shape index (κ1) is 20.3. The molecule has 1 heterocycles. The summed E-state index contributed by atoms with van der Waals surface area (Å²) in [6.07, 6.45) is 1.39. The molecule has 0 fully saturated rings. The van der Waals surface area contributed by atoms with Gasteiger partial charge in [0, 0.05) is 18.5 Å². The average Bonchev–Trinajstić information content (AvgIpc) is 2.44. The molecular weight excluding hydrogens is 380 g/mol. The molecule has 1 atom stereocenters. The Balaban J connectivity index is 0.00000288. The summed E-state index contributed by atoms with van der Waals surface area (Å²) in [6, 6.07) is 4.97. The van der Waals surface area contributed by atoms with Crippen molar-refractivity contribution in [3.8, 4) is 0 Å². The van der Waals surface area contributed by atoms with Crippen LogP contribution in [0.25, 0.3) is 0 Å². The molecule has 0 aliphatic carbocycles. The molecule has 2 aromatic rings. The summed E-state index contributed by atoms with van der Waals surface area (Å²) < 4.78 is 36.6. The number of hydrogen-bond donors (Lipinski definition) is 2. The molecule has 1 aromatic carbocycles. The maximum absolute atomic E-state index is 13.5. The van der Waals surface area contributed by atoms with Gasteiger partial charge in [-0.2, -0.15) is 0 Å². The fraction of sp³-hybridized carbons (Fsp3) is 0.143. The van der Waals surface area contributed by atoms with Gasteiger partial charge in [0.15, 0.2) is 0 Å². The number of nitrogens with two attached hydrogens (primary N) is 1. The SMILES string of the molecule is Cl.N=c1c(C(N)=O)cc(Cl)cn1Cc1cc(F)ccc1CS(=O)[O-]. The lowest BCUT2D eigenvalue weighted by Gasteiger charge is -2.15. The molecule has 0 saturated carbocycles. The summed E-state index contributed by atoms with van der Waals surface area (Å²) in [5, 5.41) is 8.16. The molecule has 0 aliphatic heterocycles. The van der Waals surface area contributed by atoms with Crippen molar-refractivity contribution in [2.75, 3.05) is 0 Å². The number of pyridine rings is 1. The molecule has 0 saturated heterocycles. The Morgan fingerprint density at radius 2 is 2.04 bits per heavy atom. The minimum atomic E-state index is -2.34. The van der Waals surface area contributed by atoms with Crippen molar-refractivity contribution >= 4 is 41.0 Å². The molecule has 0 aliphatic rings. The van der Waals surface area contributed by atoms with Crippen molar-refractivity contribution < 1.29 is 17.9 Å². The minimum Gasteiger partial charge on any atom is -0.772 e. The van der Waals surface area contributed by atoms with E-state index >= 15 is 0 Å². The van der Waals surface area contributed by atoms with Crippen molar-refractivity contribution in [3.63, 3.8) is 0 Å². The largest absolute Gasteiger partial charge is 0.772 e. The third-order valence-corrected chi connectivity index (χ3v) is 3.90. The molecule has 0 bridgehead atoms. The maximum atomic E-state index is 13.5. The smallest absolute Gasteiger partial charge is 0.252 e. The molecule has 2 rings (SSSR count). The summed E-state index contributed by atoms with van der Waals surface area (Å²) >= 11 is 3.56. The molecule has 130 valence electrons. The van der Waals surface area contributed by atoms with Crippen molar-refractivity contribution in [3.05, 3.63) is 63.5 Å². The van der Waals surface area contributed by atoms with Gasteiger partial charge in [0.1, 0.15) is 11.3 Å². The van der Waals surface area contributed by atoms with Crippen LogP contribution in [0, 0.1) is 11.2 Å². The summed E-state index contributed by atoms with van der Waals surface area (Å²) in [7, 11) is 0. The second-order valence-electron chi connectivity index (χ2n) is 4.77. The van der Waals surface area contributed by atoms with Gasteiger partial charge in [-0.3, -0.25) is 14.4 Å². The minimum absolute atomic E-state index is 0. The van der Waals surface area contributed by atoms with Crippen LogP contribution in [-0.4, -0.2) is 19.2 Å². The highest BCUT2D eigenvalue weighted by molar-refractivity contribution is 7.78. The van der Waals surface area contributed by atoms with Gasteiger partial charge in [0.25, 0.3) is 5.91 Å². The van der Waals surface area contributed by atoms with E-state index in [1.54, 1.807) is 0 Å². The van der Waals surface area contributed by atoms with E-state index in [1.807, 2.05) is 0 Å². The normalized spacial score (nSPS) is 11.6. The van der Waals surface area contributed by atoms with Crippen LogP contribution in [0.4, 0.5) is 4.39 Å². The number of halogens is 3. The van der Waals surface area contributed by atoms with Crippen LogP contribution < -0.4 is 11.2 Å². The fourth-order valence-corrected chi connectivity index (χ4v) is 2.88. The number of hydrogen-bond acceptors (Lipinski definition) is 4. The topological polar surface area (TPSA) is 112 Å². The molecule has 3 N–H and O–H groups in total. The quantitative estimate of drug-likeness (QED) is 0.754. The lowest BCUT2D eigenvalue weighted by Crippen LogP contribution is -2.30. The zero-order valence-corrected chi connectivity index (χ0v) is 14.5. The second-order valence-corrected chi connectivity index (χ2v) is 6.11. The first-order valence-corrected chi connectivity index (χ1v) is 7.97. The molecule has 6 nitrogen and oxygen atoms in total. The Morgan fingerprint density at radius 3 is 2.62 bits per heavy atom. The predicted molar refractivity (Wildman–Crippen MR) is 89.2 cm³/mol. The van der Waals surface area contributed by atoms with Crippen LogP contribution in [0.1, 0.15) is 21.5 Å². The maximum Gasteiger partial charge on any atom is 0.252 e. The summed E-state index contributed by atoms with van der Waals surface area (Å²) in [6.45, 7) is -0.0238. The standard InChI is InChI=1S/C14H13ClFN3O3S.ClH/c15-10-4-12(14(18)20)13(17)19(6-10)5-9-3-11(16)2-1-8(9)7-23(21)22;/h1-4,6,17H,5,7H2,(H2,18,20)(H,21,22);1H/p-1. The van der Waals surface area contributed by atoms with Gasteiger partial charge in [-0.15, -0.1) is 12.4 Å². The van der Waals surface area contributed by atoms with Gasteiger partial charge in [0.05, 0.1) is 10.6 Å². The Morgan fingerprint density at radius 1 is 1.38 bits per heavy atom. The van der Waals surface area contributed by atoms with E-state index in [-0.39, 0.29) is 40.8 Å². The van der Waals surface area contributed by atoms with Crippen molar-refractivity contribution in [1.82, 2.24) is 4.57 Å². The Hall–Kier alpha value is -1.74. The number of aromatic nitrogens is 1. The fourth-order valence-electron chi connectivity index (χ4n) is 2.12. The van der Waals surface area contributed by atoms with Gasteiger partial charge in [-0.05, 0) is 29.3 Å². The predicted octanol–water partition coefficient (Wildman–Crippen LogP) is 1.71. The monoisotopic (exact) mass is 392 g/mol. The summed E-state index contributed by atoms with van der Waals surface area (Å²) in [5.74, 6) is -1.64. The number of benzene rings is 1. The number of carbonyl (C=O) groups is 1. The van der Waals surface area contributed by atoms with Gasteiger partial charge >= 0.3 is 0 Å². The lowest BCUT2D eigenvalue weighted by molar-refractivity contribution is 0.0997. The van der Waals surface area contributed by atoms with Gasteiger partial charge in [-0.1, -0.05) is 28.7 Å². The number of rotatable bonds is 5. The molecular formula is C14H13Cl2FN3O3S-. The Kier molecular flexibility index (Phi) is 7.09. The third kappa shape index (κ3) is 4.88.